The van der Waals surface area contributed by atoms with E-state index in [4.69, 9.17) is 11.6 Å². The van der Waals surface area contributed by atoms with E-state index in [2.05, 4.69) is 10.2 Å². The minimum Gasteiger partial charge on any atom is -0.385 e. The number of piperazine rings is 1. The van der Waals surface area contributed by atoms with E-state index in [1.165, 1.54) is 17.8 Å². The van der Waals surface area contributed by atoms with E-state index in [1.54, 1.807) is 0 Å². The van der Waals surface area contributed by atoms with Crippen LogP contribution in [0.4, 0.5) is 0 Å². The van der Waals surface area contributed by atoms with Gasteiger partial charge in [0, 0.05) is 26.2 Å². The number of rotatable bonds is 4. The van der Waals surface area contributed by atoms with Crippen LogP contribution in [0.1, 0.15) is 37.7 Å². The van der Waals surface area contributed by atoms with Gasteiger partial charge in [-0.2, -0.15) is 0 Å². The summed E-state index contributed by atoms with van der Waals surface area (Å²) < 4.78 is 0.782. The molecule has 1 saturated carbocycles. The van der Waals surface area contributed by atoms with Crippen LogP contribution in [0.15, 0.2) is 11.4 Å². The molecule has 0 radical (unpaired) electrons. The van der Waals surface area contributed by atoms with Crippen molar-refractivity contribution in [2.75, 3.05) is 32.7 Å². The molecule has 1 aromatic heterocycles. The molecule has 3 nitrogen and oxygen atoms in total. The number of nitrogens with one attached hydrogen (secondary N) is 1. The second-order valence-electron chi connectivity index (χ2n) is 6.39. The predicted octanol–water partition coefficient (Wildman–Crippen LogP) is 3.92. The van der Waals surface area contributed by atoms with Crippen LogP contribution in [0, 0.1) is 5.92 Å². The Hall–Kier alpha value is 0.450. The Balaban J connectivity index is 0.00000132. The van der Waals surface area contributed by atoms with E-state index >= 15 is 0 Å². The topological polar surface area (TPSA) is 35.5 Å². The van der Waals surface area contributed by atoms with E-state index in [0.29, 0.717) is 5.92 Å². The van der Waals surface area contributed by atoms with Crippen molar-refractivity contribution in [2.24, 2.45) is 5.92 Å². The van der Waals surface area contributed by atoms with Crippen molar-refractivity contribution in [3.8, 4) is 0 Å². The number of hydrogen-bond acceptors (Lipinski definition) is 4. The Morgan fingerprint density at radius 3 is 2.70 bits per heavy atom. The zero-order valence-electron chi connectivity index (χ0n) is 13.3. The molecule has 7 heteroatoms. The van der Waals surface area contributed by atoms with Gasteiger partial charge in [0.15, 0.2) is 0 Å². The number of hydrogen-bond donors (Lipinski definition) is 2. The first-order valence-electron chi connectivity index (χ1n) is 8.08. The predicted molar refractivity (Wildman–Crippen MR) is 104 cm³/mol. The van der Waals surface area contributed by atoms with Crippen molar-refractivity contribution < 1.29 is 5.11 Å². The highest BCUT2D eigenvalue weighted by atomic mass is 35.5. The molecule has 1 aliphatic heterocycles. The summed E-state index contributed by atoms with van der Waals surface area (Å²) in [6.45, 7) is 5.56. The van der Waals surface area contributed by atoms with Gasteiger partial charge in [-0.15, -0.1) is 36.2 Å². The molecule has 1 saturated heterocycles. The standard InChI is InChI=1S/C16H25ClN2OS.2ClH/c17-15-11-14(12-21-15)16(20)5-2-1-3-13(16)4-8-19-9-6-18-7-10-19;;/h11-13,18,20H,1-10H2;2*1H. The van der Waals surface area contributed by atoms with Crippen LogP contribution in [-0.2, 0) is 5.60 Å². The Morgan fingerprint density at radius 2 is 2.04 bits per heavy atom. The Kier molecular flexibility index (Phi) is 9.17. The molecule has 2 unspecified atom stereocenters. The third-order valence-electron chi connectivity index (χ3n) is 5.11. The summed E-state index contributed by atoms with van der Waals surface area (Å²) in [4.78, 5) is 2.52. The van der Waals surface area contributed by atoms with Crippen LogP contribution in [0.5, 0.6) is 0 Å². The average molecular weight is 402 g/mol. The van der Waals surface area contributed by atoms with Crippen LogP contribution >= 0.6 is 47.8 Å². The second kappa shape index (κ2) is 9.81. The van der Waals surface area contributed by atoms with Crippen molar-refractivity contribution in [3.63, 3.8) is 0 Å². The molecule has 3 rings (SSSR count). The fraction of sp³-hybridized carbons (Fsp3) is 0.750. The lowest BCUT2D eigenvalue weighted by molar-refractivity contribution is -0.0599. The van der Waals surface area contributed by atoms with Crippen LogP contribution in [0.2, 0.25) is 4.34 Å². The Labute approximate surface area is 160 Å². The van der Waals surface area contributed by atoms with E-state index in [0.717, 1.165) is 68.3 Å². The summed E-state index contributed by atoms with van der Waals surface area (Å²) in [6.07, 6.45) is 5.47. The molecule has 23 heavy (non-hydrogen) atoms. The van der Waals surface area contributed by atoms with E-state index in [1.807, 2.05) is 11.4 Å². The highest BCUT2D eigenvalue weighted by molar-refractivity contribution is 7.14. The smallest absolute Gasteiger partial charge is 0.0933 e. The van der Waals surface area contributed by atoms with Gasteiger partial charge in [0.2, 0.25) is 0 Å². The maximum absolute atomic E-state index is 11.3. The number of nitrogens with zero attached hydrogens (tertiary/aromatic N) is 1. The summed E-state index contributed by atoms with van der Waals surface area (Å²) in [6, 6.07) is 1.97. The molecular formula is C16H27Cl3N2OS. The van der Waals surface area contributed by atoms with Crippen molar-refractivity contribution >= 4 is 47.8 Å². The van der Waals surface area contributed by atoms with Gasteiger partial charge in [0.05, 0.1) is 9.94 Å². The van der Waals surface area contributed by atoms with Gasteiger partial charge in [-0.3, -0.25) is 0 Å². The lowest BCUT2D eigenvalue weighted by atomic mass is 9.71. The summed E-state index contributed by atoms with van der Waals surface area (Å²) >= 11 is 7.61. The fourth-order valence-electron chi connectivity index (χ4n) is 3.80. The van der Waals surface area contributed by atoms with Crippen molar-refractivity contribution in [1.29, 1.82) is 0 Å². The second-order valence-corrected chi connectivity index (χ2v) is 7.93. The molecule has 134 valence electrons. The van der Waals surface area contributed by atoms with Crippen LogP contribution < -0.4 is 5.32 Å². The molecule has 2 heterocycles. The molecule has 2 aliphatic rings. The molecule has 1 aliphatic carbocycles. The highest BCUT2D eigenvalue weighted by Gasteiger charge is 2.40. The zero-order valence-corrected chi connectivity index (χ0v) is 16.5. The highest BCUT2D eigenvalue weighted by Crippen LogP contribution is 2.45. The van der Waals surface area contributed by atoms with Gasteiger partial charge in [-0.05, 0) is 48.7 Å². The molecule has 0 amide bonds. The lowest BCUT2D eigenvalue weighted by Crippen LogP contribution is -2.45. The van der Waals surface area contributed by atoms with Crippen LogP contribution in [0.25, 0.3) is 0 Å². The monoisotopic (exact) mass is 400 g/mol. The Bertz CT molecular complexity index is 468. The first kappa shape index (κ1) is 21.5. The summed E-state index contributed by atoms with van der Waals surface area (Å²) in [5, 5.41) is 16.7. The van der Waals surface area contributed by atoms with E-state index < -0.39 is 5.60 Å². The van der Waals surface area contributed by atoms with Crippen molar-refractivity contribution in [2.45, 2.75) is 37.7 Å². The molecule has 0 aromatic carbocycles. The lowest BCUT2D eigenvalue weighted by Gasteiger charge is -2.41. The van der Waals surface area contributed by atoms with Crippen LogP contribution in [-0.4, -0.2) is 42.7 Å². The maximum Gasteiger partial charge on any atom is 0.0933 e. The van der Waals surface area contributed by atoms with Gasteiger partial charge in [-0.25, -0.2) is 0 Å². The summed E-state index contributed by atoms with van der Waals surface area (Å²) in [5.41, 5.74) is 0.387. The minimum absolute atomic E-state index is 0. The van der Waals surface area contributed by atoms with Gasteiger partial charge in [0.1, 0.15) is 0 Å². The normalized spacial score (nSPS) is 28.7. The molecular weight excluding hydrogens is 375 g/mol. The first-order valence-corrected chi connectivity index (χ1v) is 9.34. The van der Waals surface area contributed by atoms with Crippen molar-refractivity contribution in [3.05, 3.63) is 21.3 Å². The molecule has 1 aromatic rings. The van der Waals surface area contributed by atoms with Gasteiger partial charge in [0.25, 0.3) is 0 Å². The quantitative estimate of drug-likeness (QED) is 0.802. The van der Waals surface area contributed by atoms with E-state index in [-0.39, 0.29) is 24.8 Å². The third-order valence-corrected chi connectivity index (χ3v) is 6.20. The van der Waals surface area contributed by atoms with Gasteiger partial charge >= 0.3 is 0 Å². The largest absolute Gasteiger partial charge is 0.385 e. The number of thiophene rings is 1. The molecule has 2 N–H and O–H groups in total. The summed E-state index contributed by atoms with van der Waals surface area (Å²) in [7, 11) is 0. The zero-order chi connectivity index (χ0) is 14.7. The number of halogens is 3. The molecule has 2 atom stereocenters. The minimum atomic E-state index is -0.657. The Morgan fingerprint density at radius 1 is 1.30 bits per heavy atom. The summed E-state index contributed by atoms with van der Waals surface area (Å²) in [5.74, 6) is 0.367. The van der Waals surface area contributed by atoms with Crippen molar-refractivity contribution in [1.82, 2.24) is 10.2 Å². The van der Waals surface area contributed by atoms with Gasteiger partial charge < -0.3 is 15.3 Å². The SMILES string of the molecule is Cl.Cl.OC1(c2csc(Cl)c2)CCCCC1CCN1CCNCC1. The van der Waals surface area contributed by atoms with Gasteiger partial charge in [-0.1, -0.05) is 24.4 Å². The van der Waals surface area contributed by atoms with E-state index in [9.17, 15) is 5.11 Å². The number of aliphatic hydroxyl groups is 1. The average Bonchev–Trinajstić information content (AvgIpc) is 2.95. The molecule has 0 spiro atoms. The maximum atomic E-state index is 11.3. The van der Waals surface area contributed by atoms with Crippen LogP contribution in [0.3, 0.4) is 0 Å². The fourth-order valence-corrected chi connectivity index (χ4v) is 4.76. The molecule has 0 bridgehead atoms. The third kappa shape index (κ3) is 5.21. The molecule has 2 fully saturated rings. The first-order chi connectivity index (χ1) is 10.2.